The standard InChI is InChI=1S/C20H15F3N4O3S/c1-27(8-15(28)24-12-5-4-11(21)17(22)18(12)23)7-14-25-19(29)16-10(9-31-20(16)26-14)13-3-2-6-30-13/h2-6,9H,7-8H2,1H3,(H,24,28)(H,25,26,29). The van der Waals surface area contributed by atoms with Crippen LogP contribution in [0.1, 0.15) is 5.82 Å². The summed E-state index contributed by atoms with van der Waals surface area (Å²) in [5.74, 6) is -4.23. The Balaban J connectivity index is 1.46. The summed E-state index contributed by atoms with van der Waals surface area (Å²) in [5, 5.41) is 4.39. The number of anilines is 1. The molecule has 1 amide bonds. The summed E-state index contributed by atoms with van der Waals surface area (Å²) in [7, 11) is 1.59. The maximum atomic E-state index is 13.7. The number of fused-ring (bicyclic) bond motifs is 1. The second kappa shape index (κ2) is 8.36. The topological polar surface area (TPSA) is 91.2 Å². The average molecular weight is 448 g/mol. The number of amides is 1. The number of furan rings is 1. The van der Waals surface area contributed by atoms with Crippen LogP contribution >= 0.6 is 11.3 Å². The Morgan fingerprint density at radius 1 is 1.26 bits per heavy atom. The van der Waals surface area contributed by atoms with Crippen molar-refractivity contribution < 1.29 is 22.4 Å². The van der Waals surface area contributed by atoms with E-state index in [1.54, 1.807) is 24.6 Å². The monoisotopic (exact) mass is 448 g/mol. The number of benzene rings is 1. The fraction of sp³-hybridized carbons (Fsp3) is 0.150. The summed E-state index contributed by atoms with van der Waals surface area (Å²) in [5.41, 5.74) is -0.157. The van der Waals surface area contributed by atoms with E-state index in [9.17, 15) is 22.8 Å². The molecule has 3 aromatic heterocycles. The Morgan fingerprint density at radius 3 is 2.81 bits per heavy atom. The molecule has 0 aliphatic carbocycles. The van der Waals surface area contributed by atoms with Gasteiger partial charge in [0, 0.05) is 10.9 Å². The van der Waals surface area contributed by atoms with Crippen LogP contribution in [-0.4, -0.2) is 34.4 Å². The molecule has 0 saturated heterocycles. The largest absolute Gasteiger partial charge is 0.464 e. The van der Waals surface area contributed by atoms with Gasteiger partial charge in [-0.1, -0.05) is 0 Å². The zero-order valence-electron chi connectivity index (χ0n) is 16.0. The molecule has 1 aromatic carbocycles. The minimum Gasteiger partial charge on any atom is -0.464 e. The summed E-state index contributed by atoms with van der Waals surface area (Å²) in [6.07, 6.45) is 1.51. The molecule has 0 radical (unpaired) electrons. The molecule has 2 N–H and O–H groups in total. The average Bonchev–Trinajstić information content (AvgIpc) is 3.38. The summed E-state index contributed by atoms with van der Waals surface area (Å²) in [6, 6.07) is 5.13. The Hall–Kier alpha value is -3.44. The van der Waals surface area contributed by atoms with Gasteiger partial charge >= 0.3 is 0 Å². The predicted octanol–water partition coefficient (Wildman–Crippen LogP) is 3.73. The van der Waals surface area contributed by atoms with E-state index in [0.29, 0.717) is 27.4 Å². The molecule has 0 aliphatic rings. The van der Waals surface area contributed by atoms with E-state index in [4.69, 9.17) is 4.42 Å². The van der Waals surface area contributed by atoms with Crippen molar-refractivity contribution in [2.45, 2.75) is 6.54 Å². The third-order valence-electron chi connectivity index (χ3n) is 4.42. The van der Waals surface area contributed by atoms with Gasteiger partial charge in [-0.15, -0.1) is 11.3 Å². The van der Waals surface area contributed by atoms with E-state index in [-0.39, 0.29) is 18.6 Å². The number of nitrogens with zero attached hydrogens (tertiary/aromatic N) is 2. The second-order valence-electron chi connectivity index (χ2n) is 6.76. The lowest BCUT2D eigenvalue weighted by Gasteiger charge is -2.16. The van der Waals surface area contributed by atoms with Gasteiger partial charge in [0.05, 0.1) is 30.4 Å². The molecule has 7 nitrogen and oxygen atoms in total. The number of aromatic nitrogens is 2. The third-order valence-corrected chi connectivity index (χ3v) is 5.29. The number of hydrogen-bond donors (Lipinski definition) is 2. The first-order chi connectivity index (χ1) is 14.8. The highest BCUT2D eigenvalue weighted by atomic mass is 32.1. The van der Waals surface area contributed by atoms with E-state index in [1.165, 1.54) is 22.5 Å². The molecular weight excluding hydrogens is 433 g/mol. The molecule has 3 heterocycles. The van der Waals surface area contributed by atoms with Crippen LogP contribution in [0, 0.1) is 17.5 Å². The van der Waals surface area contributed by atoms with E-state index in [2.05, 4.69) is 15.3 Å². The molecule has 0 saturated carbocycles. The Bertz CT molecular complexity index is 1320. The number of likely N-dealkylation sites (N-methyl/N-ethyl adjacent to an activating group) is 1. The van der Waals surface area contributed by atoms with Crippen molar-refractivity contribution in [1.29, 1.82) is 0 Å². The first-order valence-electron chi connectivity index (χ1n) is 8.99. The Kier molecular flexibility index (Phi) is 5.61. The lowest BCUT2D eigenvalue weighted by molar-refractivity contribution is -0.117. The molecule has 0 unspecified atom stereocenters. The first-order valence-corrected chi connectivity index (χ1v) is 9.87. The highest BCUT2D eigenvalue weighted by Gasteiger charge is 2.18. The van der Waals surface area contributed by atoms with Crippen LogP contribution in [0.5, 0.6) is 0 Å². The molecule has 160 valence electrons. The Labute approximate surface area is 177 Å². The normalized spacial score (nSPS) is 11.4. The lowest BCUT2D eigenvalue weighted by atomic mass is 10.2. The number of halogens is 3. The maximum absolute atomic E-state index is 13.7. The summed E-state index contributed by atoms with van der Waals surface area (Å²) < 4.78 is 45.3. The highest BCUT2D eigenvalue weighted by molar-refractivity contribution is 7.17. The van der Waals surface area contributed by atoms with Gasteiger partial charge in [0.15, 0.2) is 17.5 Å². The Morgan fingerprint density at radius 2 is 2.06 bits per heavy atom. The van der Waals surface area contributed by atoms with Gasteiger partial charge in [0.1, 0.15) is 16.4 Å². The van der Waals surface area contributed by atoms with Crippen LogP contribution in [0.4, 0.5) is 18.9 Å². The van der Waals surface area contributed by atoms with Crippen molar-refractivity contribution in [3.05, 3.63) is 69.5 Å². The molecule has 0 aliphatic heterocycles. The number of rotatable bonds is 6. The van der Waals surface area contributed by atoms with Crippen LogP contribution in [0.15, 0.2) is 45.1 Å². The van der Waals surface area contributed by atoms with Crippen LogP contribution < -0.4 is 10.9 Å². The van der Waals surface area contributed by atoms with Crippen molar-refractivity contribution in [1.82, 2.24) is 14.9 Å². The number of thiophene rings is 1. The molecular formula is C20H15F3N4O3S. The van der Waals surface area contributed by atoms with Gasteiger partial charge in [0.2, 0.25) is 5.91 Å². The van der Waals surface area contributed by atoms with Gasteiger partial charge in [-0.3, -0.25) is 14.5 Å². The SMILES string of the molecule is CN(CC(=O)Nc1ccc(F)c(F)c1F)Cc1nc2scc(-c3ccco3)c2c(=O)[nH]1. The summed E-state index contributed by atoms with van der Waals surface area (Å²) in [6.45, 7) is -0.0882. The second-order valence-corrected chi connectivity index (χ2v) is 7.62. The number of nitrogens with one attached hydrogen (secondary N) is 2. The van der Waals surface area contributed by atoms with E-state index in [0.717, 1.165) is 12.1 Å². The van der Waals surface area contributed by atoms with E-state index >= 15 is 0 Å². The number of aromatic amines is 1. The predicted molar refractivity (Wildman–Crippen MR) is 109 cm³/mol. The molecule has 0 spiro atoms. The fourth-order valence-electron chi connectivity index (χ4n) is 3.05. The number of carbonyl (C=O) groups is 1. The maximum Gasteiger partial charge on any atom is 0.260 e. The van der Waals surface area contributed by atoms with Crippen LogP contribution in [0.2, 0.25) is 0 Å². The molecule has 4 aromatic rings. The van der Waals surface area contributed by atoms with Crippen molar-refractivity contribution in [2.75, 3.05) is 18.9 Å². The molecule has 31 heavy (non-hydrogen) atoms. The van der Waals surface area contributed by atoms with E-state index in [1.807, 2.05) is 0 Å². The molecule has 4 rings (SSSR count). The van der Waals surface area contributed by atoms with Gasteiger partial charge in [0.25, 0.3) is 5.56 Å². The number of H-pyrrole nitrogens is 1. The van der Waals surface area contributed by atoms with Gasteiger partial charge in [-0.25, -0.2) is 18.2 Å². The van der Waals surface area contributed by atoms with Crippen molar-refractivity contribution in [3.63, 3.8) is 0 Å². The van der Waals surface area contributed by atoms with Crippen molar-refractivity contribution >= 4 is 33.1 Å². The number of carbonyl (C=O) groups excluding carboxylic acids is 1. The van der Waals surface area contributed by atoms with Gasteiger partial charge in [-0.2, -0.15) is 0 Å². The van der Waals surface area contributed by atoms with E-state index < -0.39 is 29.0 Å². The minimum atomic E-state index is -1.66. The minimum absolute atomic E-state index is 0.118. The van der Waals surface area contributed by atoms with Gasteiger partial charge < -0.3 is 14.7 Å². The van der Waals surface area contributed by atoms with Crippen LogP contribution in [0.3, 0.4) is 0 Å². The fourth-order valence-corrected chi connectivity index (χ4v) is 4.00. The molecule has 0 atom stereocenters. The quantitative estimate of drug-likeness (QED) is 0.439. The molecule has 0 fully saturated rings. The molecule has 0 bridgehead atoms. The molecule has 11 heteroatoms. The van der Waals surface area contributed by atoms with Gasteiger partial charge in [-0.05, 0) is 31.3 Å². The highest BCUT2D eigenvalue weighted by Crippen LogP contribution is 2.30. The number of hydrogen-bond acceptors (Lipinski definition) is 6. The zero-order valence-corrected chi connectivity index (χ0v) is 16.9. The smallest absolute Gasteiger partial charge is 0.260 e. The van der Waals surface area contributed by atoms with Crippen molar-refractivity contribution in [3.8, 4) is 11.3 Å². The lowest BCUT2D eigenvalue weighted by Crippen LogP contribution is -2.31. The summed E-state index contributed by atoms with van der Waals surface area (Å²) >= 11 is 1.29. The zero-order chi connectivity index (χ0) is 22.1. The van der Waals surface area contributed by atoms with Crippen molar-refractivity contribution in [2.24, 2.45) is 0 Å². The third kappa shape index (κ3) is 4.23. The summed E-state index contributed by atoms with van der Waals surface area (Å²) in [4.78, 5) is 33.9. The first kappa shape index (κ1) is 20.8. The van der Waals surface area contributed by atoms with Crippen LogP contribution in [0.25, 0.3) is 21.5 Å². The van der Waals surface area contributed by atoms with Crippen LogP contribution in [-0.2, 0) is 11.3 Å².